The Labute approximate surface area is 81.1 Å². The molecule has 0 bridgehead atoms. The van der Waals surface area contributed by atoms with Crippen molar-refractivity contribution < 1.29 is 9.94 Å². The zero-order chi connectivity index (χ0) is 9.97. The lowest BCUT2D eigenvalue weighted by molar-refractivity contribution is 0.115. The molecule has 0 aliphatic carbocycles. The number of anilines is 1. The van der Waals surface area contributed by atoms with Gasteiger partial charge in [-0.15, -0.1) is 0 Å². The Morgan fingerprint density at radius 2 is 2.50 bits per heavy atom. The molecule has 1 aromatic heterocycles. The van der Waals surface area contributed by atoms with Gasteiger partial charge in [-0.3, -0.25) is 4.84 Å². The number of aliphatic hydroxyl groups excluding tert-OH is 1. The predicted octanol–water partition coefficient (Wildman–Crippen LogP) is 0.0658. The molecule has 0 radical (unpaired) electrons. The highest BCUT2D eigenvalue weighted by atomic mass is 16.7. The zero-order valence-corrected chi connectivity index (χ0v) is 7.42. The topological polar surface area (TPSA) is 69.4 Å². The van der Waals surface area contributed by atoms with E-state index in [1.165, 1.54) is 11.3 Å². The summed E-state index contributed by atoms with van der Waals surface area (Å²) in [6.45, 7) is 0.709. The van der Waals surface area contributed by atoms with Gasteiger partial charge in [0.1, 0.15) is 12.7 Å². The van der Waals surface area contributed by atoms with Gasteiger partial charge in [-0.1, -0.05) is 0 Å². The van der Waals surface area contributed by atoms with Crippen LogP contribution in [0.5, 0.6) is 0 Å². The molecule has 1 aliphatic rings. The van der Waals surface area contributed by atoms with E-state index in [9.17, 15) is 5.11 Å². The van der Waals surface area contributed by atoms with Crippen molar-refractivity contribution in [3.63, 3.8) is 0 Å². The van der Waals surface area contributed by atoms with Crippen LogP contribution in [0.3, 0.4) is 0 Å². The van der Waals surface area contributed by atoms with Gasteiger partial charge in [-0.2, -0.15) is 5.26 Å². The van der Waals surface area contributed by atoms with Gasteiger partial charge >= 0.3 is 0 Å². The summed E-state index contributed by atoms with van der Waals surface area (Å²) < 4.78 is 0. The summed E-state index contributed by atoms with van der Waals surface area (Å²) in [7, 11) is 0. The van der Waals surface area contributed by atoms with Gasteiger partial charge in [-0.05, 0) is 12.1 Å². The minimum Gasteiger partial charge on any atom is -0.389 e. The first-order valence-electron chi connectivity index (χ1n) is 4.24. The van der Waals surface area contributed by atoms with E-state index >= 15 is 0 Å². The first-order chi connectivity index (χ1) is 6.79. The number of rotatable bonds is 1. The first kappa shape index (κ1) is 8.94. The summed E-state index contributed by atoms with van der Waals surface area (Å²) in [4.78, 5) is 9.20. The van der Waals surface area contributed by atoms with E-state index in [-0.39, 0.29) is 0 Å². The molecule has 1 N–H and O–H groups in total. The number of β-amino-alcohol motifs (C(OH)–C–C–N with tert-alkyl or cyclic N) is 1. The second kappa shape index (κ2) is 3.62. The first-order valence-corrected chi connectivity index (χ1v) is 4.24. The fourth-order valence-electron chi connectivity index (χ4n) is 1.23. The molecule has 1 aromatic rings. The molecule has 0 spiro atoms. The van der Waals surface area contributed by atoms with Gasteiger partial charge in [-0.25, -0.2) is 10.0 Å². The number of aromatic nitrogens is 1. The van der Waals surface area contributed by atoms with Crippen LogP contribution in [0.2, 0.25) is 0 Å². The second-order valence-electron chi connectivity index (χ2n) is 3.03. The molecule has 1 saturated heterocycles. The molecule has 2 heterocycles. The van der Waals surface area contributed by atoms with Crippen molar-refractivity contribution in [2.45, 2.75) is 6.10 Å². The van der Waals surface area contributed by atoms with Crippen molar-refractivity contribution in [2.24, 2.45) is 0 Å². The summed E-state index contributed by atoms with van der Waals surface area (Å²) >= 11 is 0. The van der Waals surface area contributed by atoms with Crippen LogP contribution >= 0.6 is 0 Å². The number of aliphatic hydroxyl groups is 1. The zero-order valence-electron chi connectivity index (χ0n) is 7.42. The predicted molar refractivity (Wildman–Crippen MR) is 48.3 cm³/mol. The minimum atomic E-state index is -0.465. The van der Waals surface area contributed by atoms with Crippen LogP contribution in [0, 0.1) is 11.3 Å². The Hall–Kier alpha value is -1.64. The molecule has 1 fully saturated rings. The summed E-state index contributed by atoms with van der Waals surface area (Å²) in [5, 5.41) is 19.3. The van der Waals surface area contributed by atoms with E-state index in [1.54, 1.807) is 12.1 Å². The summed E-state index contributed by atoms with van der Waals surface area (Å²) in [6, 6.07) is 5.34. The lowest BCUT2D eigenvalue weighted by atomic mass is 10.3. The Balaban J connectivity index is 2.14. The third-order valence-electron chi connectivity index (χ3n) is 1.93. The monoisotopic (exact) mass is 191 g/mol. The van der Waals surface area contributed by atoms with Crippen LogP contribution in [0.25, 0.3) is 0 Å². The second-order valence-corrected chi connectivity index (χ2v) is 3.03. The van der Waals surface area contributed by atoms with Crippen molar-refractivity contribution in [2.75, 3.05) is 18.2 Å². The largest absolute Gasteiger partial charge is 0.389 e. The lowest BCUT2D eigenvalue weighted by Gasteiger charge is -2.13. The van der Waals surface area contributed by atoms with Gasteiger partial charge < -0.3 is 5.11 Å². The van der Waals surface area contributed by atoms with Gasteiger partial charge in [0.2, 0.25) is 0 Å². The van der Waals surface area contributed by atoms with Crippen molar-refractivity contribution in [1.82, 2.24) is 4.98 Å². The number of hydrogen-bond donors (Lipinski definition) is 1. The molecular weight excluding hydrogens is 182 g/mol. The van der Waals surface area contributed by atoms with E-state index in [0.717, 1.165) is 0 Å². The highest BCUT2D eigenvalue weighted by Crippen LogP contribution is 2.16. The summed E-state index contributed by atoms with van der Waals surface area (Å²) in [6.07, 6.45) is 1.01. The highest BCUT2D eigenvalue weighted by Gasteiger charge is 2.22. The quantitative estimate of drug-likeness (QED) is 0.680. The van der Waals surface area contributed by atoms with E-state index in [4.69, 9.17) is 10.1 Å². The Kier molecular flexibility index (Phi) is 2.31. The maximum Gasteiger partial charge on any atom is 0.152 e. The third kappa shape index (κ3) is 1.66. The van der Waals surface area contributed by atoms with Crippen molar-refractivity contribution in [3.8, 4) is 6.07 Å². The number of hydrogen-bond acceptors (Lipinski definition) is 5. The molecule has 5 heteroatoms. The molecule has 14 heavy (non-hydrogen) atoms. The van der Waals surface area contributed by atoms with Crippen LogP contribution in [0.1, 0.15) is 5.56 Å². The number of nitrogens with zero attached hydrogens (tertiary/aromatic N) is 3. The number of hydroxylamine groups is 1. The maximum atomic E-state index is 9.21. The van der Waals surface area contributed by atoms with E-state index < -0.39 is 6.10 Å². The van der Waals surface area contributed by atoms with Gasteiger partial charge in [0.25, 0.3) is 0 Å². The molecule has 0 saturated carbocycles. The molecule has 72 valence electrons. The fourth-order valence-corrected chi connectivity index (χ4v) is 1.23. The number of nitriles is 1. The lowest BCUT2D eigenvalue weighted by Crippen LogP contribution is -2.20. The maximum absolute atomic E-state index is 9.21. The summed E-state index contributed by atoms with van der Waals surface area (Å²) in [5.74, 6) is 0.612. The van der Waals surface area contributed by atoms with Gasteiger partial charge in [0.05, 0.1) is 18.2 Å². The standard InChI is InChI=1S/C9H9N3O2/c10-3-7-1-2-9(11-4-7)12-5-8(13)6-14-12/h1-2,4,8,13H,5-6H2/t8-/m0/s1. The smallest absolute Gasteiger partial charge is 0.152 e. The van der Waals surface area contributed by atoms with Crippen LogP contribution in [0.4, 0.5) is 5.82 Å². The van der Waals surface area contributed by atoms with Crippen molar-refractivity contribution in [1.29, 1.82) is 5.26 Å². The van der Waals surface area contributed by atoms with Crippen molar-refractivity contribution >= 4 is 5.82 Å². The van der Waals surface area contributed by atoms with Crippen LogP contribution < -0.4 is 5.06 Å². The molecule has 2 rings (SSSR count). The van der Waals surface area contributed by atoms with Crippen LogP contribution in [-0.4, -0.2) is 29.3 Å². The van der Waals surface area contributed by atoms with E-state index in [1.807, 2.05) is 6.07 Å². The number of pyridine rings is 1. The average Bonchev–Trinajstić information content (AvgIpc) is 2.65. The van der Waals surface area contributed by atoms with Gasteiger partial charge in [0, 0.05) is 6.20 Å². The summed E-state index contributed by atoms with van der Waals surface area (Å²) in [5.41, 5.74) is 0.508. The van der Waals surface area contributed by atoms with Crippen molar-refractivity contribution in [3.05, 3.63) is 23.9 Å². The van der Waals surface area contributed by atoms with Crippen LogP contribution in [-0.2, 0) is 4.84 Å². The normalized spacial score (nSPS) is 20.9. The average molecular weight is 191 g/mol. The van der Waals surface area contributed by atoms with Crippen LogP contribution in [0.15, 0.2) is 18.3 Å². The minimum absolute atomic E-state index is 0.293. The highest BCUT2D eigenvalue weighted by molar-refractivity contribution is 5.40. The molecule has 1 aliphatic heterocycles. The van der Waals surface area contributed by atoms with E-state index in [0.29, 0.717) is 24.5 Å². The fraction of sp³-hybridized carbons (Fsp3) is 0.333. The molecule has 1 atom stereocenters. The molecule has 0 aromatic carbocycles. The SMILES string of the molecule is N#Cc1ccc(N2C[C@H](O)CO2)nc1. The van der Waals surface area contributed by atoms with Gasteiger partial charge in [0.15, 0.2) is 5.82 Å². The van der Waals surface area contributed by atoms with E-state index in [2.05, 4.69) is 4.98 Å². The molecule has 5 nitrogen and oxygen atoms in total. The Morgan fingerprint density at radius 1 is 1.64 bits per heavy atom. The molecular formula is C9H9N3O2. The molecule has 0 unspecified atom stereocenters. The molecule has 0 amide bonds. The Morgan fingerprint density at radius 3 is 3.00 bits per heavy atom. The Bertz CT molecular complexity index is 357. The third-order valence-corrected chi connectivity index (χ3v) is 1.93.